The molecule has 1 aromatic carbocycles. The molecule has 0 saturated heterocycles. The zero-order valence-corrected chi connectivity index (χ0v) is 14.0. The summed E-state index contributed by atoms with van der Waals surface area (Å²) in [5.74, 6) is -0.985. The van der Waals surface area contributed by atoms with E-state index < -0.39 is 16.0 Å². The third-order valence-corrected chi connectivity index (χ3v) is 5.25. The average molecular weight is 375 g/mol. The highest BCUT2D eigenvalue weighted by Gasteiger charge is 2.25. The molecule has 3 aromatic rings. The van der Waals surface area contributed by atoms with Crippen molar-refractivity contribution in [3.8, 4) is 11.5 Å². The van der Waals surface area contributed by atoms with E-state index >= 15 is 0 Å². The molecule has 9 nitrogen and oxygen atoms in total. The Morgan fingerprint density at radius 2 is 2.08 bits per heavy atom. The largest absolute Gasteiger partial charge is 0.486 e. The summed E-state index contributed by atoms with van der Waals surface area (Å²) in [4.78, 5) is 18.3. The smallest absolute Gasteiger partial charge is 0.339 e. The first-order valence-corrected chi connectivity index (χ1v) is 9.06. The molecule has 0 unspecified atom stereocenters. The van der Waals surface area contributed by atoms with Crippen molar-refractivity contribution in [3.05, 3.63) is 42.2 Å². The number of carboxylic acids is 1. The Balaban J connectivity index is 1.77. The summed E-state index contributed by atoms with van der Waals surface area (Å²) in [6, 6.07) is 5.84. The van der Waals surface area contributed by atoms with Crippen LogP contribution in [0, 0.1) is 0 Å². The number of nitrogens with one attached hydrogen (secondary N) is 2. The number of sulfonamides is 1. The summed E-state index contributed by atoms with van der Waals surface area (Å²) in [7, 11) is -3.98. The predicted octanol–water partition coefficient (Wildman–Crippen LogP) is 1.83. The molecule has 0 fully saturated rings. The summed E-state index contributed by atoms with van der Waals surface area (Å²) >= 11 is 0. The second-order valence-electron chi connectivity index (χ2n) is 5.51. The van der Waals surface area contributed by atoms with Crippen LogP contribution in [0.2, 0.25) is 0 Å². The van der Waals surface area contributed by atoms with Crippen LogP contribution in [-0.2, 0) is 10.0 Å². The number of carboxylic acid groups (broad SMARTS) is 1. The number of carbonyl (C=O) groups is 1. The Labute approximate surface area is 147 Å². The van der Waals surface area contributed by atoms with E-state index in [0.29, 0.717) is 11.0 Å². The van der Waals surface area contributed by atoms with Crippen LogP contribution in [0.1, 0.15) is 10.4 Å². The summed E-state index contributed by atoms with van der Waals surface area (Å²) in [5.41, 5.74) is 0.312. The molecule has 3 heterocycles. The van der Waals surface area contributed by atoms with Crippen molar-refractivity contribution < 1.29 is 27.8 Å². The van der Waals surface area contributed by atoms with E-state index in [1.165, 1.54) is 18.3 Å². The molecule has 0 amide bonds. The molecular weight excluding hydrogens is 362 g/mol. The minimum atomic E-state index is -3.98. The summed E-state index contributed by atoms with van der Waals surface area (Å²) in [6.07, 6.45) is 2.87. The van der Waals surface area contributed by atoms with Gasteiger partial charge < -0.3 is 19.6 Å². The average Bonchev–Trinajstić information content (AvgIpc) is 3.05. The van der Waals surface area contributed by atoms with Gasteiger partial charge in [-0.05, 0) is 18.2 Å². The first kappa shape index (κ1) is 16.2. The van der Waals surface area contributed by atoms with Crippen molar-refractivity contribution in [3.63, 3.8) is 0 Å². The molecule has 0 bridgehead atoms. The van der Waals surface area contributed by atoms with E-state index in [1.54, 1.807) is 18.3 Å². The fraction of sp³-hybridized carbons (Fsp3) is 0.125. The first-order chi connectivity index (χ1) is 12.5. The quantitative estimate of drug-likeness (QED) is 0.634. The molecule has 0 atom stereocenters. The molecule has 1 aliphatic heterocycles. The van der Waals surface area contributed by atoms with Gasteiger partial charge in [0.25, 0.3) is 10.0 Å². The van der Waals surface area contributed by atoms with E-state index in [4.69, 9.17) is 9.47 Å². The predicted molar refractivity (Wildman–Crippen MR) is 91.3 cm³/mol. The highest BCUT2D eigenvalue weighted by Crippen LogP contribution is 2.37. The highest BCUT2D eigenvalue weighted by atomic mass is 32.2. The molecular formula is C16H13N3O6S. The van der Waals surface area contributed by atoms with Crippen molar-refractivity contribution in [2.75, 3.05) is 17.9 Å². The van der Waals surface area contributed by atoms with Crippen LogP contribution in [0.4, 0.5) is 5.69 Å². The van der Waals surface area contributed by atoms with Crippen LogP contribution in [0.15, 0.2) is 41.6 Å². The van der Waals surface area contributed by atoms with E-state index in [0.717, 1.165) is 0 Å². The Kier molecular flexibility index (Phi) is 3.69. The van der Waals surface area contributed by atoms with Crippen LogP contribution < -0.4 is 14.2 Å². The number of benzene rings is 1. The van der Waals surface area contributed by atoms with Crippen molar-refractivity contribution >= 4 is 32.7 Å². The van der Waals surface area contributed by atoms with Gasteiger partial charge in [0.05, 0.1) is 5.69 Å². The lowest BCUT2D eigenvalue weighted by molar-refractivity contribution is 0.0686. The van der Waals surface area contributed by atoms with E-state index in [-0.39, 0.29) is 40.9 Å². The molecule has 26 heavy (non-hydrogen) atoms. The minimum Gasteiger partial charge on any atom is -0.486 e. The number of anilines is 1. The fourth-order valence-corrected chi connectivity index (χ4v) is 3.94. The number of hydrogen-bond acceptors (Lipinski definition) is 6. The number of aromatic amines is 1. The summed E-state index contributed by atoms with van der Waals surface area (Å²) in [6.45, 7) is 0.469. The first-order valence-electron chi connectivity index (χ1n) is 7.57. The second-order valence-corrected chi connectivity index (χ2v) is 7.16. The van der Waals surface area contributed by atoms with Crippen LogP contribution in [0.3, 0.4) is 0 Å². The molecule has 0 spiro atoms. The highest BCUT2D eigenvalue weighted by molar-refractivity contribution is 7.93. The molecule has 1 aliphatic rings. The van der Waals surface area contributed by atoms with Gasteiger partial charge in [-0.25, -0.2) is 18.2 Å². The molecule has 2 aromatic heterocycles. The number of aromatic carboxylic acids is 1. The van der Waals surface area contributed by atoms with Gasteiger partial charge in [-0.15, -0.1) is 0 Å². The van der Waals surface area contributed by atoms with Crippen LogP contribution in [0.25, 0.3) is 11.0 Å². The van der Waals surface area contributed by atoms with Gasteiger partial charge in [0.15, 0.2) is 11.5 Å². The van der Waals surface area contributed by atoms with Crippen molar-refractivity contribution in [1.29, 1.82) is 0 Å². The number of rotatable bonds is 4. The lowest BCUT2D eigenvalue weighted by Crippen LogP contribution is -2.19. The molecule has 0 aliphatic carbocycles. The maximum Gasteiger partial charge on any atom is 0.339 e. The Morgan fingerprint density at radius 1 is 1.27 bits per heavy atom. The number of fused-ring (bicyclic) bond motifs is 2. The van der Waals surface area contributed by atoms with Crippen molar-refractivity contribution in [1.82, 2.24) is 9.97 Å². The van der Waals surface area contributed by atoms with Gasteiger partial charge in [0.2, 0.25) is 0 Å². The van der Waals surface area contributed by atoms with E-state index in [1.807, 2.05) is 0 Å². The molecule has 4 rings (SSSR count). The standard InChI is InChI=1S/C16H13N3O6S/c20-16(21)11-6-9(7-12-14(11)25-5-4-24-12)19-26(22,23)13-8-18-15-10(13)2-1-3-17-15/h1-3,6-8,19H,4-5H2,(H,17,18)(H,20,21). The second kappa shape index (κ2) is 5.92. The Bertz CT molecular complexity index is 1120. The monoisotopic (exact) mass is 375 g/mol. The number of aromatic nitrogens is 2. The lowest BCUT2D eigenvalue weighted by atomic mass is 10.1. The Hall–Kier alpha value is -3.27. The summed E-state index contributed by atoms with van der Waals surface area (Å²) in [5, 5.41) is 9.79. The van der Waals surface area contributed by atoms with Gasteiger partial charge in [-0.1, -0.05) is 0 Å². The molecule has 3 N–H and O–H groups in total. The van der Waals surface area contributed by atoms with Gasteiger partial charge >= 0.3 is 5.97 Å². The SMILES string of the molecule is O=C(O)c1cc(NS(=O)(=O)c2c[nH]c3ncccc23)cc2c1OCCO2. The lowest BCUT2D eigenvalue weighted by Gasteiger charge is -2.21. The zero-order valence-electron chi connectivity index (χ0n) is 13.2. The van der Waals surface area contributed by atoms with Gasteiger partial charge in [0.1, 0.15) is 29.3 Å². The minimum absolute atomic E-state index is 0.00682. The normalized spacial score (nSPS) is 13.5. The molecule has 134 valence electrons. The fourth-order valence-electron chi connectivity index (χ4n) is 2.73. The topological polar surface area (TPSA) is 131 Å². The van der Waals surface area contributed by atoms with E-state index in [9.17, 15) is 18.3 Å². The third kappa shape index (κ3) is 2.69. The van der Waals surface area contributed by atoms with Gasteiger partial charge in [0, 0.05) is 23.8 Å². The zero-order chi connectivity index (χ0) is 18.3. The van der Waals surface area contributed by atoms with Crippen molar-refractivity contribution in [2.24, 2.45) is 0 Å². The maximum absolute atomic E-state index is 12.7. The van der Waals surface area contributed by atoms with Gasteiger partial charge in [-0.3, -0.25) is 4.72 Å². The molecule has 0 saturated carbocycles. The van der Waals surface area contributed by atoms with E-state index in [2.05, 4.69) is 14.7 Å². The number of nitrogens with zero attached hydrogens (tertiary/aromatic N) is 1. The maximum atomic E-state index is 12.7. The van der Waals surface area contributed by atoms with Gasteiger partial charge in [-0.2, -0.15) is 0 Å². The van der Waals surface area contributed by atoms with Crippen molar-refractivity contribution in [2.45, 2.75) is 4.90 Å². The number of pyridine rings is 1. The van der Waals surface area contributed by atoms with Crippen LogP contribution in [0.5, 0.6) is 11.5 Å². The van der Waals surface area contributed by atoms with Crippen LogP contribution in [-0.4, -0.2) is 42.7 Å². The number of hydrogen-bond donors (Lipinski definition) is 3. The Morgan fingerprint density at radius 3 is 2.88 bits per heavy atom. The number of ether oxygens (including phenoxy) is 2. The number of H-pyrrole nitrogens is 1. The van der Waals surface area contributed by atoms with Crippen LogP contribution >= 0.6 is 0 Å². The molecule has 0 radical (unpaired) electrons. The summed E-state index contributed by atoms with van der Waals surface area (Å²) < 4.78 is 38.6. The third-order valence-electron chi connectivity index (χ3n) is 3.83. The molecule has 10 heteroatoms.